The Morgan fingerprint density at radius 1 is 1.32 bits per heavy atom. The van der Waals surface area contributed by atoms with E-state index in [9.17, 15) is 4.79 Å². The van der Waals surface area contributed by atoms with Crippen molar-refractivity contribution in [2.75, 3.05) is 0 Å². The molecule has 3 rings (SSSR count). The van der Waals surface area contributed by atoms with Crippen LogP contribution in [0.1, 0.15) is 50.0 Å². The Balaban J connectivity index is 1.67. The topological polar surface area (TPSA) is 72.7 Å². The maximum absolute atomic E-state index is 12.4. The van der Waals surface area contributed by atoms with Crippen LogP contribution in [0.25, 0.3) is 5.95 Å². The van der Waals surface area contributed by atoms with Gasteiger partial charge < -0.3 is 5.32 Å². The van der Waals surface area contributed by atoms with E-state index < -0.39 is 0 Å². The molecule has 0 aromatic carbocycles. The molecule has 2 aromatic heterocycles. The molecule has 1 N–H and O–H groups in total. The molecule has 6 nitrogen and oxygen atoms in total. The highest BCUT2D eigenvalue weighted by Gasteiger charge is 2.27. The van der Waals surface area contributed by atoms with Crippen molar-refractivity contribution in [2.45, 2.75) is 45.6 Å². The van der Waals surface area contributed by atoms with Gasteiger partial charge in [0.2, 0.25) is 5.95 Å². The zero-order valence-electron chi connectivity index (χ0n) is 13.0. The van der Waals surface area contributed by atoms with Crippen molar-refractivity contribution in [3.63, 3.8) is 0 Å². The van der Waals surface area contributed by atoms with E-state index in [1.807, 2.05) is 0 Å². The van der Waals surface area contributed by atoms with Crippen LogP contribution in [0, 0.1) is 5.41 Å². The van der Waals surface area contributed by atoms with Crippen molar-refractivity contribution in [1.29, 1.82) is 0 Å². The first kappa shape index (κ1) is 14.7. The highest BCUT2D eigenvalue weighted by molar-refractivity contribution is 5.92. The fraction of sp³-hybridized carbons (Fsp3) is 0.500. The normalized spacial score (nSPS) is 18.1. The molecule has 22 heavy (non-hydrogen) atoms. The van der Waals surface area contributed by atoms with Crippen molar-refractivity contribution in [3.05, 3.63) is 36.7 Å². The molecule has 2 aromatic rings. The van der Waals surface area contributed by atoms with Crippen molar-refractivity contribution >= 4 is 5.91 Å². The van der Waals surface area contributed by atoms with Gasteiger partial charge in [-0.05, 0) is 37.2 Å². The fourth-order valence-corrected chi connectivity index (χ4v) is 2.78. The third kappa shape index (κ3) is 3.32. The Hall–Kier alpha value is -2.24. The Labute approximate surface area is 130 Å². The third-order valence-electron chi connectivity index (χ3n) is 4.29. The van der Waals surface area contributed by atoms with Gasteiger partial charge in [0.25, 0.3) is 5.91 Å². The number of carbonyl (C=O) groups excluding carboxylic acids is 1. The lowest BCUT2D eigenvalue weighted by Gasteiger charge is -2.34. The summed E-state index contributed by atoms with van der Waals surface area (Å²) in [5.74, 6) is 0.323. The summed E-state index contributed by atoms with van der Waals surface area (Å²) in [4.78, 5) is 24.8. The summed E-state index contributed by atoms with van der Waals surface area (Å²) in [5.41, 5.74) is 0.786. The molecule has 1 aliphatic carbocycles. The van der Waals surface area contributed by atoms with E-state index in [-0.39, 0.29) is 11.9 Å². The summed E-state index contributed by atoms with van der Waals surface area (Å²) in [6.45, 7) is 4.57. The minimum atomic E-state index is -0.131. The smallest absolute Gasteiger partial charge is 0.270 e. The van der Waals surface area contributed by atoms with Crippen molar-refractivity contribution in [3.8, 4) is 5.95 Å². The Morgan fingerprint density at radius 3 is 2.77 bits per heavy atom. The first-order chi connectivity index (χ1) is 10.5. The van der Waals surface area contributed by atoms with Crippen molar-refractivity contribution < 1.29 is 4.79 Å². The fourth-order valence-electron chi connectivity index (χ4n) is 2.78. The second kappa shape index (κ2) is 5.87. The minimum Gasteiger partial charge on any atom is -0.348 e. The Bertz CT molecular complexity index is 640. The lowest BCUT2D eigenvalue weighted by Crippen LogP contribution is -2.39. The van der Waals surface area contributed by atoms with Crippen LogP contribution in [0.2, 0.25) is 0 Å². The zero-order valence-corrected chi connectivity index (χ0v) is 13.0. The molecule has 1 aliphatic rings. The number of aromatic nitrogens is 4. The van der Waals surface area contributed by atoms with E-state index in [4.69, 9.17) is 0 Å². The summed E-state index contributed by atoms with van der Waals surface area (Å²) in [6.07, 6.45) is 10.9. The number of nitrogens with zero attached hydrogens (tertiary/aromatic N) is 4. The first-order valence-electron chi connectivity index (χ1n) is 7.66. The molecule has 0 unspecified atom stereocenters. The van der Waals surface area contributed by atoms with E-state index in [1.54, 1.807) is 35.6 Å². The molecule has 6 heteroatoms. The van der Waals surface area contributed by atoms with E-state index in [0.29, 0.717) is 17.1 Å². The van der Waals surface area contributed by atoms with E-state index >= 15 is 0 Å². The molecule has 2 heterocycles. The van der Waals surface area contributed by atoms with Gasteiger partial charge in [0.15, 0.2) is 0 Å². The summed E-state index contributed by atoms with van der Waals surface area (Å²) < 4.78 is 1.68. The van der Waals surface area contributed by atoms with Crippen LogP contribution >= 0.6 is 0 Å². The molecule has 0 atom stereocenters. The summed E-state index contributed by atoms with van der Waals surface area (Å²) in [7, 11) is 0. The van der Waals surface area contributed by atoms with Crippen molar-refractivity contribution in [2.24, 2.45) is 5.41 Å². The second-order valence-electron chi connectivity index (χ2n) is 6.62. The molecule has 0 aliphatic heterocycles. The quantitative estimate of drug-likeness (QED) is 0.944. The molecule has 1 fully saturated rings. The van der Waals surface area contributed by atoms with Gasteiger partial charge >= 0.3 is 0 Å². The molecule has 0 bridgehead atoms. The number of hydrogen-bond donors (Lipinski definition) is 1. The maximum Gasteiger partial charge on any atom is 0.270 e. The van der Waals surface area contributed by atoms with Crippen LogP contribution in [-0.2, 0) is 0 Å². The molecule has 0 radical (unpaired) electrons. The Morgan fingerprint density at radius 2 is 2.09 bits per heavy atom. The van der Waals surface area contributed by atoms with Gasteiger partial charge in [-0.15, -0.1) is 0 Å². The van der Waals surface area contributed by atoms with Gasteiger partial charge in [0, 0.05) is 24.6 Å². The van der Waals surface area contributed by atoms with Crippen LogP contribution in [0.5, 0.6) is 0 Å². The lowest BCUT2D eigenvalue weighted by molar-refractivity contribution is 0.0903. The van der Waals surface area contributed by atoms with Gasteiger partial charge in [-0.25, -0.2) is 15.0 Å². The average molecular weight is 299 g/mol. The van der Waals surface area contributed by atoms with E-state index in [0.717, 1.165) is 25.7 Å². The van der Waals surface area contributed by atoms with Crippen LogP contribution in [-0.4, -0.2) is 31.5 Å². The largest absolute Gasteiger partial charge is 0.348 e. The SMILES string of the molecule is CC1(C)CCC(NC(=O)c2ccnc(-n3ccnc3)n2)CC1. The van der Waals surface area contributed by atoms with Gasteiger partial charge in [-0.1, -0.05) is 13.8 Å². The predicted molar refractivity (Wildman–Crippen MR) is 82.7 cm³/mol. The highest BCUT2D eigenvalue weighted by Crippen LogP contribution is 2.35. The van der Waals surface area contributed by atoms with Crippen LogP contribution in [0.15, 0.2) is 31.0 Å². The maximum atomic E-state index is 12.4. The third-order valence-corrected chi connectivity index (χ3v) is 4.29. The number of hydrogen-bond acceptors (Lipinski definition) is 4. The molecule has 0 saturated heterocycles. The van der Waals surface area contributed by atoms with E-state index in [1.165, 1.54) is 0 Å². The number of nitrogens with one attached hydrogen (secondary N) is 1. The molecular weight excluding hydrogens is 278 g/mol. The van der Waals surface area contributed by atoms with Crippen LogP contribution < -0.4 is 5.32 Å². The number of imidazole rings is 1. The minimum absolute atomic E-state index is 0.131. The van der Waals surface area contributed by atoms with Gasteiger partial charge in [0.05, 0.1) is 0 Å². The monoisotopic (exact) mass is 299 g/mol. The first-order valence-corrected chi connectivity index (χ1v) is 7.66. The standard InChI is InChI=1S/C16H21N5O/c1-16(2)6-3-12(4-7-16)19-14(22)13-5-8-18-15(20-13)21-10-9-17-11-21/h5,8-12H,3-4,6-7H2,1-2H3,(H,19,22). The number of amides is 1. The van der Waals surface area contributed by atoms with E-state index in [2.05, 4.69) is 34.1 Å². The summed E-state index contributed by atoms with van der Waals surface area (Å²) in [6, 6.07) is 1.88. The second-order valence-corrected chi connectivity index (χ2v) is 6.62. The predicted octanol–water partition coefficient (Wildman–Crippen LogP) is 2.36. The van der Waals surface area contributed by atoms with Gasteiger partial charge in [-0.3, -0.25) is 9.36 Å². The average Bonchev–Trinajstić information content (AvgIpc) is 3.04. The number of carbonyl (C=O) groups is 1. The number of rotatable bonds is 3. The lowest BCUT2D eigenvalue weighted by atomic mass is 9.75. The van der Waals surface area contributed by atoms with Gasteiger partial charge in [-0.2, -0.15) is 0 Å². The molecule has 1 amide bonds. The molecule has 0 spiro atoms. The van der Waals surface area contributed by atoms with Gasteiger partial charge in [0.1, 0.15) is 12.0 Å². The van der Waals surface area contributed by atoms with Crippen LogP contribution in [0.4, 0.5) is 0 Å². The molecule has 116 valence electrons. The highest BCUT2D eigenvalue weighted by atomic mass is 16.1. The van der Waals surface area contributed by atoms with Crippen molar-refractivity contribution in [1.82, 2.24) is 24.8 Å². The summed E-state index contributed by atoms with van der Waals surface area (Å²) >= 11 is 0. The zero-order chi connectivity index (χ0) is 15.6. The summed E-state index contributed by atoms with van der Waals surface area (Å²) in [5, 5.41) is 3.09. The van der Waals surface area contributed by atoms with Crippen LogP contribution in [0.3, 0.4) is 0 Å². The molecule has 1 saturated carbocycles. The Kier molecular flexibility index (Phi) is 3.92. The molecular formula is C16H21N5O.